The molecule has 17 heavy (non-hydrogen) atoms. The van der Waals surface area contributed by atoms with Crippen LogP contribution in [-0.2, 0) is 0 Å². The van der Waals surface area contributed by atoms with Gasteiger partial charge in [-0.15, -0.1) is 0 Å². The Morgan fingerprint density at radius 3 is 2.82 bits per heavy atom. The highest BCUT2D eigenvalue weighted by atomic mass is 79.9. The predicted octanol–water partition coefficient (Wildman–Crippen LogP) is 3.35. The van der Waals surface area contributed by atoms with Crippen LogP contribution in [0.5, 0.6) is 0 Å². The molecule has 4 heteroatoms. The van der Waals surface area contributed by atoms with Crippen LogP contribution in [0.25, 0.3) is 0 Å². The van der Waals surface area contributed by atoms with Gasteiger partial charge in [-0.2, -0.15) is 0 Å². The summed E-state index contributed by atoms with van der Waals surface area (Å²) >= 11 is 9.48. The van der Waals surface area contributed by atoms with Gasteiger partial charge in [0.2, 0.25) is 0 Å². The summed E-state index contributed by atoms with van der Waals surface area (Å²) in [4.78, 5) is 0. The van der Waals surface area contributed by atoms with E-state index in [1.165, 1.54) is 12.0 Å². The normalized spacial score (nSPS) is 24.7. The zero-order valence-electron chi connectivity index (χ0n) is 9.92. The predicted molar refractivity (Wildman–Crippen MR) is 76.2 cm³/mol. The summed E-state index contributed by atoms with van der Waals surface area (Å²) in [7, 11) is 0. The Bertz CT molecular complexity index is 397. The molecule has 0 saturated heterocycles. The van der Waals surface area contributed by atoms with Gasteiger partial charge in [0.1, 0.15) is 0 Å². The SMILES string of the molecule is CC1CC1CNC(CN)c1ccc(Cl)cc1Br. The third-order valence-electron chi connectivity index (χ3n) is 3.48. The Balaban J connectivity index is 2.00. The molecule has 1 fully saturated rings. The molecule has 0 aromatic heterocycles. The smallest absolute Gasteiger partial charge is 0.0455 e. The Kier molecular flexibility index (Phi) is 4.47. The lowest BCUT2D eigenvalue weighted by molar-refractivity contribution is 0.510. The van der Waals surface area contributed by atoms with Gasteiger partial charge in [0.05, 0.1) is 0 Å². The van der Waals surface area contributed by atoms with Gasteiger partial charge in [0, 0.05) is 22.1 Å². The van der Waals surface area contributed by atoms with E-state index < -0.39 is 0 Å². The summed E-state index contributed by atoms with van der Waals surface area (Å²) in [6, 6.07) is 6.06. The molecule has 0 radical (unpaired) electrons. The van der Waals surface area contributed by atoms with E-state index in [4.69, 9.17) is 17.3 Å². The number of hydrogen-bond acceptors (Lipinski definition) is 2. The highest BCUT2D eigenvalue weighted by Gasteiger charge is 2.32. The average Bonchev–Trinajstić information content (AvgIpc) is 2.98. The van der Waals surface area contributed by atoms with Crippen LogP contribution >= 0.6 is 27.5 Å². The van der Waals surface area contributed by atoms with Crippen molar-refractivity contribution < 1.29 is 0 Å². The second kappa shape index (κ2) is 5.70. The molecule has 1 aliphatic carbocycles. The van der Waals surface area contributed by atoms with E-state index >= 15 is 0 Å². The molecule has 0 aliphatic heterocycles. The van der Waals surface area contributed by atoms with Gasteiger partial charge in [0.25, 0.3) is 0 Å². The molecule has 1 aliphatic rings. The first-order valence-corrected chi connectivity index (χ1v) is 7.17. The summed E-state index contributed by atoms with van der Waals surface area (Å²) < 4.78 is 1.02. The van der Waals surface area contributed by atoms with Crippen LogP contribution < -0.4 is 11.1 Å². The molecule has 0 amide bonds. The quantitative estimate of drug-likeness (QED) is 0.874. The maximum Gasteiger partial charge on any atom is 0.0455 e. The number of halogens is 2. The van der Waals surface area contributed by atoms with Crippen molar-refractivity contribution >= 4 is 27.5 Å². The van der Waals surface area contributed by atoms with Crippen LogP contribution in [0, 0.1) is 11.8 Å². The Labute approximate surface area is 116 Å². The van der Waals surface area contributed by atoms with Gasteiger partial charge in [-0.25, -0.2) is 0 Å². The van der Waals surface area contributed by atoms with Crippen LogP contribution in [0.1, 0.15) is 24.9 Å². The molecule has 1 aromatic carbocycles. The Hall–Kier alpha value is -0.0900. The second-order valence-electron chi connectivity index (χ2n) is 4.84. The summed E-state index contributed by atoms with van der Waals surface area (Å²) in [6.07, 6.45) is 1.34. The van der Waals surface area contributed by atoms with Crippen molar-refractivity contribution in [3.05, 3.63) is 33.3 Å². The van der Waals surface area contributed by atoms with Crippen molar-refractivity contribution in [3.63, 3.8) is 0 Å². The first-order valence-electron chi connectivity index (χ1n) is 6.00. The van der Waals surface area contributed by atoms with Crippen molar-refractivity contribution in [2.45, 2.75) is 19.4 Å². The van der Waals surface area contributed by atoms with Gasteiger partial charge in [0.15, 0.2) is 0 Å². The highest BCUT2D eigenvalue weighted by molar-refractivity contribution is 9.10. The molecule has 0 heterocycles. The van der Waals surface area contributed by atoms with Crippen molar-refractivity contribution in [2.24, 2.45) is 17.6 Å². The molecule has 0 spiro atoms. The lowest BCUT2D eigenvalue weighted by atomic mass is 10.1. The lowest BCUT2D eigenvalue weighted by Gasteiger charge is -2.19. The topological polar surface area (TPSA) is 38.0 Å². The van der Waals surface area contributed by atoms with Gasteiger partial charge in [-0.1, -0.05) is 40.5 Å². The zero-order chi connectivity index (χ0) is 12.4. The summed E-state index contributed by atoms with van der Waals surface area (Å²) in [5, 5.41) is 4.28. The fraction of sp³-hybridized carbons (Fsp3) is 0.538. The second-order valence-corrected chi connectivity index (χ2v) is 6.13. The Morgan fingerprint density at radius 1 is 1.59 bits per heavy atom. The van der Waals surface area contributed by atoms with Gasteiger partial charge < -0.3 is 11.1 Å². The average molecular weight is 318 g/mol. The molecule has 1 saturated carbocycles. The molecule has 3 atom stereocenters. The lowest BCUT2D eigenvalue weighted by Crippen LogP contribution is -2.30. The zero-order valence-corrected chi connectivity index (χ0v) is 12.3. The molecule has 3 unspecified atom stereocenters. The molecular formula is C13H18BrClN2. The minimum atomic E-state index is 0.203. The van der Waals surface area contributed by atoms with Crippen LogP contribution in [0.15, 0.2) is 22.7 Å². The van der Waals surface area contributed by atoms with Gasteiger partial charge >= 0.3 is 0 Å². The third kappa shape index (κ3) is 3.44. The first-order chi connectivity index (χ1) is 8.11. The summed E-state index contributed by atoms with van der Waals surface area (Å²) in [6.45, 7) is 3.95. The number of nitrogens with one attached hydrogen (secondary N) is 1. The standard InChI is InChI=1S/C13H18BrClN2/c1-8-4-9(8)7-17-13(6-16)11-3-2-10(15)5-12(11)14/h2-3,5,8-9,13,17H,4,6-7,16H2,1H3. The fourth-order valence-corrected chi connectivity index (χ4v) is 3.04. The highest BCUT2D eigenvalue weighted by Crippen LogP contribution is 2.37. The Morgan fingerprint density at radius 2 is 2.29 bits per heavy atom. The van der Waals surface area contributed by atoms with Crippen molar-refractivity contribution in [1.29, 1.82) is 0 Å². The monoisotopic (exact) mass is 316 g/mol. The van der Waals surface area contributed by atoms with E-state index in [2.05, 4.69) is 28.2 Å². The molecule has 3 N–H and O–H groups in total. The van der Waals surface area contributed by atoms with Crippen molar-refractivity contribution in [3.8, 4) is 0 Å². The molecular weight excluding hydrogens is 300 g/mol. The number of nitrogens with two attached hydrogens (primary N) is 1. The van der Waals surface area contributed by atoms with Gasteiger partial charge in [-0.05, 0) is 42.5 Å². The van der Waals surface area contributed by atoms with Crippen LogP contribution in [0.2, 0.25) is 5.02 Å². The number of hydrogen-bond donors (Lipinski definition) is 2. The minimum absolute atomic E-state index is 0.203. The van der Waals surface area contributed by atoms with Gasteiger partial charge in [-0.3, -0.25) is 0 Å². The molecule has 0 bridgehead atoms. The number of benzene rings is 1. The molecule has 1 aromatic rings. The van der Waals surface area contributed by atoms with E-state index in [9.17, 15) is 0 Å². The maximum absolute atomic E-state index is 5.94. The first kappa shape index (κ1) is 13.3. The minimum Gasteiger partial charge on any atom is -0.329 e. The summed E-state index contributed by atoms with van der Waals surface area (Å²) in [5.74, 6) is 1.70. The molecule has 2 rings (SSSR count). The fourth-order valence-electron chi connectivity index (χ4n) is 2.08. The van der Waals surface area contributed by atoms with E-state index in [1.54, 1.807) is 0 Å². The molecule has 94 valence electrons. The summed E-state index contributed by atoms with van der Waals surface area (Å²) in [5.41, 5.74) is 7.02. The van der Waals surface area contributed by atoms with Crippen LogP contribution in [-0.4, -0.2) is 13.1 Å². The van der Waals surface area contributed by atoms with Crippen molar-refractivity contribution in [2.75, 3.05) is 13.1 Å². The van der Waals surface area contributed by atoms with Crippen molar-refractivity contribution in [1.82, 2.24) is 5.32 Å². The van der Waals surface area contributed by atoms with E-state index in [0.29, 0.717) is 6.54 Å². The largest absolute Gasteiger partial charge is 0.329 e. The van der Waals surface area contributed by atoms with E-state index in [0.717, 1.165) is 27.9 Å². The van der Waals surface area contributed by atoms with E-state index in [1.807, 2.05) is 18.2 Å². The number of rotatable bonds is 5. The van der Waals surface area contributed by atoms with Crippen LogP contribution in [0.4, 0.5) is 0 Å². The van der Waals surface area contributed by atoms with E-state index in [-0.39, 0.29) is 6.04 Å². The molecule has 2 nitrogen and oxygen atoms in total. The third-order valence-corrected chi connectivity index (χ3v) is 4.40. The maximum atomic E-state index is 5.94. The van der Waals surface area contributed by atoms with Crippen LogP contribution in [0.3, 0.4) is 0 Å².